The molecule has 0 bridgehead atoms. The first-order valence-electron chi connectivity index (χ1n) is 6.72. The van der Waals surface area contributed by atoms with Gasteiger partial charge in [-0.3, -0.25) is 5.73 Å². The summed E-state index contributed by atoms with van der Waals surface area (Å²) in [6.45, 7) is 1.68. The van der Waals surface area contributed by atoms with Crippen molar-refractivity contribution in [1.29, 1.82) is 0 Å². The molecule has 0 aliphatic carbocycles. The summed E-state index contributed by atoms with van der Waals surface area (Å²) in [6, 6.07) is 0. The van der Waals surface area contributed by atoms with Crippen LogP contribution in [0.15, 0.2) is 18.7 Å². The smallest absolute Gasteiger partial charge is 0.244 e. The summed E-state index contributed by atoms with van der Waals surface area (Å²) in [5, 5.41) is 0. The first-order chi connectivity index (χ1) is 8.36. The first kappa shape index (κ1) is 18.0. The van der Waals surface area contributed by atoms with E-state index in [1.807, 2.05) is 10.8 Å². The maximum Gasteiger partial charge on any atom is 0.244 e. The average molecular weight is 336 g/mol. The molecule has 0 aromatic carbocycles. The van der Waals surface area contributed by atoms with E-state index >= 15 is 0 Å². The Morgan fingerprint density at radius 3 is 2.17 bits per heavy atom. The summed E-state index contributed by atoms with van der Waals surface area (Å²) in [5.41, 5.74) is 5.54. The van der Waals surface area contributed by atoms with Crippen LogP contribution in [-0.4, -0.2) is 10.3 Å². The number of rotatable bonds is 10. The molecule has 3 nitrogen and oxygen atoms in total. The molecule has 0 spiro atoms. The number of imidazole rings is 1. The van der Waals surface area contributed by atoms with Gasteiger partial charge >= 0.3 is 0 Å². The standard InChI is InChI=1S/C13H25N3S.BrH/c14-12-16-10-9-15(13-16)8-6-4-2-1-3-5-7-11-17;/h9-10,13H,1-8,11-12,14H2;1H. The molecule has 5 heteroatoms. The Morgan fingerprint density at radius 1 is 1.00 bits per heavy atom. The van der Waals surface area contributed by atoms with Crippen LogP contribution in [0.25, 0.3) is 0 Å². The number of thiol groups is 1. The molecule has 1 heterocycles. The van der Waals surface area contributed by atoms with Gasteiger partial charge in [-0.25, -0.2) is 9.13 Å². The maximum absolute atomic E-state index is 5.54. The van der Waals surface area contributed by atoms with Gasteiger partial charge in [-0.15, -0.1) is 0 Å². The molecule has 18 heavy (non-hydrogen) atoms. The van der Waals surface area contributed by atoms with Crippen LogP contribution in [0.2, 0.25) is 0 Å². The molecule has 0 saturated heterocycles. The van der Waals surface area contributed by atoms with Crippen molar-refractivity contribution in [2.24, 2.45) is 5.73 Å². The highest BCUT2D eigenvalue weighted by atomic mass is 79.9. The summed E-state index contributed by atoms with van der Waals surface area (Å²) in [4.78, 5) is 0. The van der Waals surface area contributed by atoms with Crippen LogP contribution in [0.4, 0.5) is 0 Å². The second-order valence-electron chi connectivity index (χ2n) is 4.55. The van der Waals surface area contributed by atoms with E-state index < -0.39 is 0 Å². The number of unbranched alkanes of at least 4 members (excludes halogenated alkanes) is 6. The van der Waals surface area contributed by atoms with Crippen molar-refractivity contribution in [3.63, 3.8) is 0 Å². The number of aromatic nitrogens is 2. The highest BCUT2D eigenvalue weighted by molar-refractivity contribution is 7.80. The Balaban J connectivity index is 0.00000289. The van der Waals surface area contributed by atoms with Crippen LogP contribution < -0.4 is 27.3 Å². The Morgan fingerprint density at radius 2 is 1.61 bits per heavy atom. The number of nitrogens with zero attached hydrogens (tertiary/aromatic N) is 2. The van der Waals surface area contributed by atoms with E-state index in [4.69, 9.17) is 5.73 Å². The molecule has 1 aromatic rings. The zero-order valence-corrected chi connectivity index (χ0v) is 13.6. The van der Waals surface area contributed by atoms with Crippen molar-refractivity contribution in [2.45, 2.75) is 58.2 Å². The molecule has 0 atom stereocenters. The zero-order valence-electron chi connectivity index (χ0n) is 11.1. The van der Waals surface area contributed by atoms with Crippen LogP contribution >= 0.6 is 12.6 Å². The molecule has 0 aliphatic rings. The molecule has 0 fully saturated rings. The number of hydrogen-bond donors (Lipinski definition) is 2. The fraction of sp³-hybridized carbons (Fsp3) is 0.769. The summed E-state index contributed by atoms with van der Waals surface area (Å²) in [5.74, 6) is 1.04. The second kappa shape index (κ2) is 12.1. The van der Waals surface area contributed by atoms with Crippen LogP contribution in [0.1, 0.15) is 44.9 Å². The Bertz CT molecular complexity index is 292. The molecule has 1 rings (SSSR count). The number of aryl methyl sites for hydroxylation is 1. The van der Waals surface area contributed by atoms with Gasteiger partial charge in [-0.2, -0.15) is 12.6 Å². The van der Waals surface area contributed by atoms with Crippen molar-refractivity contribution in [3.8, 4) is 0 Å². The molecule has 106 valence electrons. The van der Waals surface area contributed by atoms with Crippen molar-refractivity contribution in [1.82, 2.24) is 4.57 Å². The highest BCUT2D eigenvalue weighted by Crippen LogP contribution is 2.07. The van der Waals surface area contributed by atoms with Crippen LogP contribution in [0.5, 0.6) is 0 Å². The topological polar surface area (TPSA) is 34.8 Å². The van der Waals surface area contributed by atoms with Gasteiger partial charge in [-0.05, 0) is 25.0 Å². The summed E-state index contributed by atoms with van der Waals surface area (Å²) < 4.78 is 4.21. The molecular weight excluding hydrogens is 310 g/mol. The molecule has 0 unspecified atom stereocenters. The van der Waals surface area contributed by atoms with E-state index in [1.165, 1.54) is 44.9 Å². The lowest BCUT2D eigenvalue weighted by Crippen LogP contribution is -3.00. The van der Waals surface area contributed by atoms with Crippen LogP contribution in [0, 0.1) is 0 Å². The summed E-state index contributed by atoms with van der Waals surface area (Å²) >= 11 is 4.22. The van der Waals surface area contributed by atoms with Crippen LogP contribution in [0.3, 0.4) is 0 Å². The number of halogens is 1. The minimum Gasteiger partial charge on any atom is -1.00 e. The van der Waals surface area contributed by atoms with Gasteiger partial charge in [0.1, 0.15) is 19.1 Å². The lowest BCUT2D eigenvalue weighted by molar-refractivity contribution is -0.696. The monoisotopic (exact) mass is 335 g/mol. The molecule has 0 amide bonds. The van der Waals surface area contributed by atoms with Gasteiger partial charge in [0.15, 0.2) is 0 Å². The molecular formula is C13H26BrN3S. The first-order valence-corrected chi connectivity index (χ1v) is 7.36. The Labute approximate surface area is 127 Å². The summed E-state index contributed by atoms with van der Waals surface area (Å²) in [7, 11) is 0. The lowest BCUT2D eigenvalue weighted by atomic mass is 10.1. The van der Waals surface area contributed by atoms with Crippen molar-refractivity contribution in [2.75, 3.05) is 5.75 Å². The number of hydrogen-bond acceptors (Lipinski definition) is 2. The van der Waals surface area contributed by atoms with E-state index in [2.05, 4.69) is 29.7 Å². The summed E-state index contributed by atoms with van der Waals surface area (Å²) in [6.07, 6.45) is 15.5. The predicted molar refractivity (Wildman–Crippen MR) is 75.0 cm³/mol. The maximum atomic E-state index is 5.54. The zero-order chi connectivity index (χ0) is 12.3. The van der Waals surface area contributed by atoms with Crippen molar-refractivity contribution in [3.05, 3.63) is 18.7 Å². The third kappa shape index (κ3) is 8.16. The second-order valence-corrected chi connectivity index (χ2v) is 4.99. The molecule has 0 aliphatic heterocycles. The highest BCUT2D eigenvalue weighted by Gasteiger charge is 2.00. The van der Waals surface area contributed by atoms with Crippen molar-refractivity contribution >= 4 is 12.6 Å². The minimum absolute atomic E-state index is 0. The molecule has 1 aromatic heterocycles. The van der Waals surface area contributed by atoms with E-state index in [1.54, 1.807) is 0 Å². The predicted octanol–water partition coefficient (Wildman–Crippen LogP) is -0.644. The third-order valence-corrected chi connectivity index (χ3v) is 3.35. The van der Waals surface area contributed by atoms with Gasteiger partial charge in [0.25, 0.3) is 0 Å². The Hall–Kier alpha value is 0. The van der Waals surface area contributed by atoms with E-state index in [0.29, 0.717) is 6.67 Å². The van der Waals surface area contributed by atoms with Crippen molar-refractivity contribution < 1.29 is 21.5 Å². The lowest BCUT2D eigenvalue weighted by Gasteiger charge is -2.00. The number of nitrogens with two attached hydrogens (primary N) is 1. The normalized spacial score (nSPS) is 10.3. The molecule has 0 radical (unpaired) electrons. The minimum atomic E-state index is 0. The fourth-order valence-electron chi connectivity index (χ4n) is 1.97. The van der Waals surface area contributed by atoms with Crippen LogP contribution in [-0.2, 0) is 13.2 Å². The SMILES string of the molecule is NCn1cc[n+](CCCCCCCCCS)c1.[Br-]. The van der Waals surface area contributed by atoms with Gasteiger partial charge in [0.2, 0.25) is 6.33 Å². The quantitative estimate of drug-likeness (QED) is 0.333. The molecule has 2 N–H and O–H groups in total. The fourth-order valence-corrected chi connectivity index (χ4v) is 2.19. The average Bonchev–Trinajstić information content (AvgIpc) is 2.80. The van der Waals surface area contributed by atoms with Gasteiger partial charge in [0, 0.05) is 0 Å². The largest absolute Gasteiger partial charge is 1.00 e. The van der Waals surface area contributed by atoms with E-state index in [0.717, 1.165) is 12.3 Å². The van der Waals surface area contributed by atoms with E-state index in [-0.39, 0.29) is 17.0 Å². The van der Waals surface area contributed by atoms with Gasteiger partial charge < -0.3 is 17.0 Å². The Kier molecular flexibility index (Phi) is 12.1. The van der Waals surface area contributed by atoms with Gasteiger partial charge in [-0.1, -0.05) is 25.7 Å². The van der Waals surface area contributed by atoms with Gasteiger partial charge in [0.05, 0.1) is 6.54 Å². The third-order valence-electron chi connectivity index (χ3n) is 3.03. The molecule has 0 saturated carbocycles. The van der Waals surface area contributed by atoms with E-state index in [9.17, 15) is 0 Å².